The summed E-state index contributed by atoms with van der Waals surface area (Å²) in [6, 6.07) is 7.79. The van der Waals surface area contributed by atoms with Crippen molar-refractivity contribution in [3.05, 3.63) is 62.3 Å². The quantitative estimate of drug-likeness (QED) is 0.357. The zero-order chi connectivity index (χ0) is 21.0. The molecule has 8 nitrogen and oxygen atoms in total. The van der Waals surface area contributed by atoms with E-state index in [2.05, 4.69) is 4.99 Å². The van der Waals surface area contributed by atoms with Crippen LogP contribution < -0.4 is 0 Å². The van der Waals surface area contributed by atoms with Crippen molar-refractivity contribution >= 4 is 47.4 Å². The van der Waals surface area contributed by atoms with Crippen LogP contribution in [0.1, 0.15) is 31.4 Å². The first-order valence-corrected chi connectivity index (χ1v) is 9.46. The first kappa shape index (κ1) is 20.5. The molecule has 1 aromatic carbocycles. The van der Waals surface area contributed by atoms with Gasteiger partial charge in [0.05, 0.1) is 50.1 Å². The van der Waals surface area contributed by atoms with Crippen LogP contribution in [0.5, 0.6) is 5.88 Å². The first-order chi connectivity index (χ1) is 13.9. The Hall–Kier alpha value is -3.24. The molecular formula is C19H16N2O6S2. The number of aromatic hydroxyl groups is 1. The molecule has 0 atom stereocenters. The highest BCUT2D eigenvalue weighted by atomic mass is 32.1. The Kier molecular flexibility index (Phi) is 6.25. The molecule has 0 unspecified atom stereocenters. The average molecular weight is 432 g/mol. The van der Waals surface area contributed by atoms with E-state index in [1.165, 1.54) is 49.5 Å². The van der Waals surface area contributed by atoms with Gasteiger partial charge in [0.2, 0.25) is 5.88 Å². The summed E-state index contributed by atoms with van der Waals surface area (Å²) in [5.74, 6) is -0.623. The van der Waals surface area contributed by atoms with Crippen LogP contribution >= 0.6 is 23.6 Å². The topological polar surface area (TPSA) is 103 Å². The third kappa shape index (κ3) is 4.44. The van der Waals surface area contributed by atoms with Crippen LogP contribution in [0, 0.1) is 3.95 Å². The summed E-state index contributed by atoms with van der Waals surface area (Å²) in [7, 11) is 2.50. The number of rotatable bonds is 6. The molecule has 0 spiro atoms. The summed E-state index contributed by atoms with van der Waals surface area (Å²) in [6.45, 7) is 0.271. The maximum absolute atomic E-state index is 12.0. The van der Waals surface area contributed by atoms with Crippen LogP contribution in [0.3, 0.4) is 0 Å². The Bertz CT molecular complexity index is 1130. The summed E-state index contributed by atoms with van der Waals surface area (Å²) in [5.41, 5.74) is 0.574. The summed E-state index contributed by atoms with van der Waals surface area (Å²) >= 11 is 6.45. The van der Waals surface area contributed by atoms with Crippen LogP contribution in [0.25, 0.3) is 0 Å². The Labute approximate surface area is 174 Å². The standard InChI is InChI=1S/C19H16N2O6S2/c1-25-17(23)11-5-6-13(18(24)26-2)14(8-11)20-9-15-16(22)21(19(28)29-15)10-12-4-3-7-27-12/h3-9,22H,10H2,1-2H3. The van der Waals surface area contributed by atoms with Gasteiger partial charge in [0.1, 0.15) is 10.6 Å². The number of benzene rings is 1. The minimum atomic E-state index is -0.610. The van der Waals surface area contributed by atoms with E-state index >= 15 is 0 Å². The molecule has 0 saturated carbocycles. The zero-order valence-corrected chi connectivity index (χ0v) is 17.1. The number of nitrogens with zero attached hydrogens (tertiary/aromatic N) is 2. The van der Waals surface area contributed by atoms with Gasteiger partial charge in [-0.2, -0.15) is 0 Å². The molecule has 2 heterocycles. The maximum atomic E-state index is 12.0. The molecule has 0 radical (unpaired) electrons. The minimum Gasteiger partial charge on any atom is -0.493 e. The monoisotopic (exact) mass is 432 g/mol. The SMILES string of the molecule is COC(=O)c1ccc(C(=O)OC)c(N=Cc2sc(=S)n(Cc3ccco3)c2O)c1. The number of esters is 2. The minimum absolute atomic E-state index is 0.0797. The third-order valence-corrected chi connectivity index (χ3v) is 5.31. The molecule has 0 fully saturated rings. The average Bonchev–Trinajstić information content (AvgIpc) is 3.34. The van der Waals surface area contributed by atoms with Crippen molar-refractivity contribution in [1.82, 2.24) is 4.57 Å². The lowest BCUT2D eigenvalue weighted by Gasteiger charge is -2.06. The molecule has 3 aromatic rings. The molecule has 150 valence electrons. The number of aliphatic imine (C=N–C) groups is 1. The van der Waals surface area contributed by atoms with Crippen molar-refractivity contribution < 1.29 is 28.6 Å². The van der Waals surface area contributed by atoms with Gasteiger partial charge in [-0.1, -0.05) is 11.3 Å². The largest absolute Gasteiger partial charge is 0.493 e. The van der Waals surface area contributed by atoms with E-state index in [4.69, 9.17) is 26.1 Å². The van der Waals surface area contributed by atoms with E-state index in [1.54, 1.807) is 12.1 Å². The van der Waals surface area contributed by atoms with Crippen LogP contribution in [0.15, 0.2) is 46.0 Å². The number of aromatic nitrogens is 1. The van der Waals surface area contributed by atoms with Crippen molar-refractivity contribution in [2.24, 2.45) is 4.99 Å². The lowest BCUT2D eigenvalue weighted by Crippen LogP contribution is -2.05. The second-order valence-corrected chi connectivity index (χ2v) is 7.37. The van der Waals surface area contributed by atoms with Gasteiger partial charge in [-0.25, -0.2) is 9.59 Å². The van der Waals surface area contributed by atoms with Crippen molar-refractivity contribution in [1.29, 1.82) is 0 Å². The molecular weight excluding hydrogens is 416 g/mol. The van der Waals surface area contributed by atoms with E-state index < -0.39 is 11.9 Å². The Morgan fingerprint density at radius 2 is 2.03 bits per heavy atom. The second-order valence-electron chi connectivity index (χ2n) is 5.69. The summed E-state index contributed by atoms with van der Waals surface area (Å²) < 4.78 is 16.7. The number of carbonyl (C=O) groups excluding carboxylic acids is 2. The van der Waals surface area contributed by atoms with E-state index in [0.717, 1.165) is 11.3 Å². The Balaban J connectivity index is 1.97. The number of hydrogen-bond acceptors (Lipinski definition) is 9. The van der Waals surface area contributed by atoms with Crippen molar-refractivity contribution in [2.45, 2.75) is 6.54 Å². The lowest BCUT2D eigenvalue weighted by atomic mass is 10.1. The second kappa shape index (κ2) is 8.84. The molecule has 0 aliphatic rings. The fourth-order valence-corrected chi connectivity index (χ4v) is 3.67. The van der Waals surface area contributed by atoms with Crippen molar-refractivity contribution in [3.8, 4) is 5.88 Å². The fraction of sp³-hybridized carbons (Fsp3) is 0.158. The molecule has 0 aliphatic carbocycles. The highest BCUT2D eigenvalue weighted by Gasteiger charge is 2.16. The summed E-state index contributed by atoms with van der Waals surface area (Å²) in [5, 5.41) is 10.5. The highest BCUT2D eigenvalue weighted by Crippen LogP contribution is 2.28. The number of thiazole rings is 1. The van der Waals surface area contributed by atoms with E-state index in [1.807, 2.05) is 0 Å². The molecule has 1 N–H and O–H groups in total. The molecule has 29 heavy (non-hydrogen) atoms. The van der Waals surface area contributed by atoms with Gasteiger partial charge in [-0.05, 0) is 42.5 Å². The lowest BCUT2D eigenvalue weighted by molar-refractivity contribution is 0.0587. The summed E-state index contributed by atoms with van der Waals surface area (Å²) in [6.07, 6.45) is 2.91. The number of ether oxygens (including phenoxy) is 2. The molecule has 10 heteroatoms. The molecule has 0 saturated heterocycles. The van der Waals surface area contributed by atoms with Crippen LogP contribution in [-0.4, -0.2) is 42.0 Å². The van der Waals surface area contributed by atoms with Gasteiger partial charge in [-0.15, -0.1) is 0 Å². The normalized spacial score (nSPS) is 11.0. The Morgan fingerprint density at radius 1 is 1.28 bits per heavy atom. The number of methoxy groups -OCH3 is 2. The molecule has 3 rings (SSSR count). The fourth-order valence-electron chi connectivity index (χ4n) is 2.49. The smallest absolute Gasteiger partial charge is 0.340 e. The highest BCUT2D eigenvalue weighted by molar-refractivity contribution is 7.73. The molecule has 0 amide bonds. The molecule has 0 bridgehead atoms. The summed E-state index contributed by atoms with van der Waals surface area (Å²) in [4.78, 5) is 28.5. The third-order valence-electron chi connectivity index (χ3n) is 3.93. The van der Waals surface area contributed by atoms with E-state index in [0.29, 0.717) is 14.6 Å². The molecule has 0 aliphatic heterocycles. The van der Waals surface area contributed by atoms with Crippen molar-refractivity contribution in [3.63, 3.8) is 0 Å². The maximum Gasteiger partial charge on any atom is 0.340 e. The first-order valence-electron chi connectivity index (χ1n) is 8.24. The van der Waals surface area contributed by atoms with Crippen LogP contribution in [-0.2, 0) is 16.0 Å². The van der Waals surface area contributed by atoms with E-state index in [9.17, 15) is 14.7 Å². The Morgan fingerprint density at radius 3 is 2.69 bits per heavy atom. The van der Waals surface area contributed by atoms with Gasteiger partial charge in [0, 0.05) is 0 Å². The predicted octanol–water partition coefficient (Wildman–Crippen LogP) is 3.95. The number of hydrogen-bond donors (Lipinski definition) is 1. The van der Waals surface area contributed by atoms with Gasteiger partial charge in [-0.3, -0.25) is 9.56 Å². The van der Waals surface area contributed by atoms with Gasteiger partial charge in [0.15, 0.2) is 3.95 Å². The number of carbonyl (C=O) groups is 2. The van der Waals surface area contributed by atoms with Gasteiger partial charge >= 0.3 is 11.9 Å². The van der Waals surface area contributed by atoms with Crippen LogP contribution in [0.2, 0.25) is 0 Å². The zero-order valence-electron chi connectivity index (χ0n) is 15.4. The number of furan rings is 1. The van der Waals surface area contributed by atoms with E-state index in [-0.39, 0.29) is 29.2 Å². The van der Waals surface area contributed by atoms with Crippen molar-refractivity contribution in [2.75, 3.05) is 14.2 Å². The van der Waals surface area contributed by atoms with Gasteiger partial charge in [0.25, 0.3) is 0 Å². The molecule has 2 aromatic heterocycles. The predicted molar refractivity (Wildman–Crippen MR) is 109 cm³/mol. The van der Waals surface area contributed by atoms with Crippen LogP contribution in [0.4, 0.5) is 5.69 Å². The van der Waals surface area contributed by atoms with Gasteiger partial charge < -0.3 is 19.0 Å².